The molecule has 0 unspecified atom stereocenters. The molecule has 0 saturated carbocycles. The minimum Gasteiger partial charge on any atom is -0.452 e. The zero-order valence-electron chi connectivity index (χ0n) is 8.26. The van der Waals surface area contributed by atoms with Crippen LogP contribution in [0.2, 0.25) is 0 Å². The summed E-state index contributed by atoms with van der Waals surface area (Å²) in [6.07, 6.45) is 1.92. The van der Waals surface area contributed by atoms with Crippen molar-refractivity contribution in [1.29, 1.82) is 0 Å². The van der Waals surface area contributed by atoms with Gasteiger partial charge in [-0.1, -0.05) is 6.08 Å². The van der Waals surface area contributed by atoms with Crippen LogP contribution in [0.5, 0.6) is 0 Å². The Hall–Kier alpha value is 0.290. The first kappa shape index (κ1) is 13.4. The van der Waals surface area contributed by atoms with Crippen molar-refractivity contribution in [2.24, 2.45) is 0 Å². The molecule has 84 valence electrons. The lowest BCUT2D eigenvalue weighted by Crippen LogP contribution is -2.16. The van der Waals surface area contributed by atoms with E-state index in [0.29, 0.717) is 0 Å². The summed E-state index contributed by atoms with van der Waals surface area (Å²) in [5.74, 6) is 3.04. The molecule has 0 amide bonds. The molecular weight excluding hydrogens is 342 g/mol. The summed E-state index contributed by atoms with van der Waals surface area (Å²) in [6, 6.07) is 1.97. The Morgan fingerprint density at radius 1 is 1.53 bits per heavy atom. The van der Waals surface area contributed by atoms with Crippen LogP contribution in [0.25, 0.3) is 0 Å². The average Bonchev–Trinajstić information content (AvgIpc) is 2.52. The molecule has 1 aromatic heterocycles. The van der Waals surface area contributed by atoms with E-state index < -0.39 is 0 Å². The lowest BCUT2D eigenvalue weighted by atomic mass is 10.4. The summed E-state index contributed by atoms with van der Waals surface area (Å²) in [4.78, 5) is 0. The van der Waals surface area contributed by atoms with Gasteiger partial charge in [0, 0.05) is 18.1 Å². The van der Waals surface area contributed by atoms with Crippen molar-refractivity contribution in [3.8, 4) is 0 Å². The van der Waals surface area contributed by atoms with E-state index >= 15 is 0 Å². The van der Waals surface area contributed by atoms with E-state index in [4.69, 9.17) is 4.42 Å². The van der Waals surface area contributed by atoms with Crippen LogP contribution in [-0.2, 0) is 6.54 Å². The average molecular weight is 355 g/mol. The first-order chi connectivity index (χ1) is 7.24. The highest BCUT2D eigenvalue weighted by Crippen LogP contribution is 2.26. The molecular formula is C10H13Br2NOS. The third-order valence-corrected chi connectivity index (χ3v) is 4.33. The van der Waals surface area contributed by atoms with Crippen molar-refractivity contribution in [3.63, 3.8) is 0 Å². The van der Waals surface area contributed by atoms with Crippen LogP contribution in [0.4, 0.5) is 0 Å². The van der Waals surface area contributed by atoms with Gasteiger partial charge in [0.25, 0.3) is 0 Å². The van der Waals surface area contributed by atoms with Crippen LogP contribution in [0.15, 0.2) is 32.3 Å². The third kappa shape index (κ3) is 5.24. The fourth-order valence-electron chi connectivity index (χ4n) is 1.00. The minimum atomic E-state index is 0.750. The van der Waals surface area contributed by atoms with Crippen molar-refractivity contribution in [2.75, 3.05) is 18.1 Å². The largest absolute Gasteiger partial charge is 0.452 e. The second-order valence-corrected chi connectivity index (χ2v) is 5.60. The molecule has 1 heterocycles. The van der Waals surface area contributed by atoms with Crippen molar-refractivity contribution in [3.05, 3.63) is 33.6 Å². The molecule has 5 heteroatoms. The van der Waals surface area contributed by atoms with Gasteiger partial charge in [-0.3, -0.25) is 0 Å². The fraction of sp³-hybridized carbons (Fsp3) is 0.400. The van der Waals surface area contributed by atoms with Gasteiger partial charge in [-0.25, -0.2) is 0 Å². The molecule has 0 saturated heterocycles. The standard InChI is InChI=1S/C10H13Br2NOS/c1-2-4-15-5-3-13-7-8-6-9(11)10(12)14-8/h2,6,13H,1,3-5,7H2. The summed E-state index contributed by atoms with van der Waals surface area (Å²) < 4.78 is 7.14. The molecule has 0 aliphatic carbocycles. The van der Waals surface area contributed by atoms with Gasteiger partial charge in [-0.2, -0.15) is 11.8 Å². The Labute approximate surface area is 111 Å². The molecule has 2 nitrogen and oxygen atoms in total. The zero-order chi connectivity index (χ0) is 11.1. The summed E-state index contributed by atoms with van der Waals surface area (Å²) in [5.41, 5.74) is 0. The van der Waals surface area contributed by atoms with Gasteiger partial charge in [-0.05, 0) is 37.9 Å². The Kier molecular flexibility index (Phi) is 6.72. The first-order valence-electron chi connectivity index (χ1n) is 4.57. The quantitative estimate of drug-likeness (QED) is 0.595. The monoisotopic (exact) mass is 353 g/mol. The van der Waals surface area contributed by atoms with Gasteiger partial charge in [0.2, 0.25) is 0 Å². The third-order valence-electron chi connectivity index (χ3n) is 1.65. The molecule has 0 bridgehead atoms. The van der Waals surface area contributed by atoms with Crippen molar-refractivity contribution in [1.82, 2.24) is 5.32 Å². The molecule has 1 N–H and O–H groups in total. The van der Waals surface area contributed by atoms with E-state index in [1.165, 1.54) is 0 Å². The number of nitrogens with one attached hydrogen (secondary N) is 1. The highest BCUT2D eigenvalue weighted by atomic mass is 79.9. The van der Waals surface area contributed by atoms with Crippen molar-refractivity contribution in [2.45, 2.75) is 6.54 Å². The lowest BCUT2D eigenvalue weighted by molar-refractivity contribution is 0.468. The number of halogens is 2. The number of thioether (sulfide) groups is 1. The summed E-state index contributed by atoms with van der Waals surface area (Å²) in [7, 11) is 0. The summed E-state index contributed by atoms with van der Waals surface area (Å²) in [5, 5.41) is 3.31. The van der Waals surface area contributed by atoms with Gasteiger partial charge in [0.05, 0.1) is 11.0 Å². The zero-order valence-corrected chi connectivity index (χ0v) is 12.3. The lowest BCUT2D eigenvalue weighted by Gasteiger charge is -2.00. The van der Waals surface area contributed by atoms with E-state index in [2.05, 4.69) is 43.8 Å². The number of hydrogen-bond donors (Lipinski definition) is 1. The van der Waals surface area contributed by atoms with E-state index in [-0.39, 0.29) is 0 Å². The highest BCUT2D eigenvalue weighted by Gasteiger charge is 2.04. The van der Waals surface area contributed by atoms with Gasteiger partial charge >= 0.3 is 0 Å². The maximum Gasteiger partial charge on any atom is 0.183 e. The van der Waals surface area contributed by atoms with E-state index in [1.807, 2.05) is 23.9 Å². The van der Waals surface area contributed by atoms with E-state index in [0.717, 1.165) is 39.5 Å². The molecule has 0 aromatic carbocycles. The maximum atomic E-state index is 5.43. The second kappa shape index (κ2) is 7.54. The van der Waals surface area contributed by atoms with Crippen LogP contribution < -0.4 is 5.32 Å². The maximum absolute atomic E-state index is 5.43. The van der Waals surface area contributed by atoms with Crippen LogP contribution in [0.1, 0.15) is 5.76 Å². The molecule has 1 aromatic rings. The molecule has 0 radical (unpaired) electrons. The Morgan fingerprint density at radius 2 is 2.33 bits per heavy atom. The van der Waals surface area contributed by atoms with Gasteiger partial charge in [0.1, 0.15) is 5.76 Å². The number of furan rings is 1. The van der Waals surface area contributed by atoms with Gasteiger partial charge in [-0.15, -0.1) is 6.58 Å². The van der Waals surface area contributed by atoms with Crippen LogP contribution in [0.3, 0.4) is 0 Å². The predicted octanol–water partition coefficient (Wildman–Crippen LogP) is 3.81. The Bertz CT molecular complexity index is 295. The van der Waals surface area contributed by atoms with Crippen LogP contribution in [-0.4, -0.2) is 18.1 Å². The minimum absolute atomic E-state index is 0.750. The van der Waals surface area contributed by atoms with Crippen LogP contribution in [0, 0.1) is 0 Å². The number of rotatable bonds is 7. The predicted molar refractivity (Wildman–Crippen MR) is 73.3 cm³/mol. The molecule has 1 rings (SSSR count). The first-order valence-corrected chi connectivity index (χ1v) is 7.31. The van der Waals surface area contributed by atoms with E-state index in [9.17, 15) is 0 Å². The van der Waals surface area contributed by atoms with E-state index in [1.54, 1.807) is 0 Å². The van der Waals surface area contributed by atoms with Gasteiger partial charge < -0.3 is 9.73 Å². The Morgan fingerprint density at radius 3 is 2.93 bits per heavy atom. The normalized spacial score (nSPS) is 10.5. The van der Waals surface area contributed by atoms with Crippen LogP contribution >= 0.6 is 43.6 Å². The van der Waals surface area contributed by atoms with Gasteiger partial charge in [0.15, 0.2) is 4.67 Å². The van der Waals surface area contributed by atoms with Crippen molar-refractivity contribution < 1.29 is 4.42 Å². The number of hydrogen-bond acceptors (Lipinski definition) is 3. The Balaban J connectivity index is 2.12. The molecule has 0 spiro atoms. The summed E-state index contributed by atoms with van der Waals surface area (Å²) >= 11 is 8.55. The smallest absolute Gasteiger partial charge is 0.183 e. The fourth-order valence-corrected chi connectivity index (χ4v) is 2.28. The molecule has 15 heavy (non-hydrogen) atoms. The van der Waals surface area contributed by atoms with Crippen molar-refractivity contribution >= 4 is 43.6 Å². The topological polar surface area (TPSA) is 25.2 Å². The second-order valence-electron chi connectivity index (χ2n) is 2.87. The molecule has 0 aliphatic heterocycles. The SMILES string of the molecule is C=CCSCCNCc1cc(Br)c(Br)o1. The molecule has 0 atom stereocenters. The highest BCUT2D eigenvalue weighted by molar-refractivity contribution is 9.13. The molecule has 0 fully saturated rings. The molecule has 0 aliphatic rings. The summed E-state index contributed by atoms with van der Waals surface area (Å²) in [6.45, 7) is 5.42.